The van der Waals surface area contributed by atoms with E-state index in [-0.39, 0.29) is 29.8 Å². The Morgan fingerprint density at radius 2 is 1.95 bits per heavy atom. The number of nitrogens with two attached hydrogens (primary N) is 1. The number of benzene rings is 1. The Bertz CT molecular complexity index is 1170. The van der Waals surface area contributed by atoms with Gasteiger partial charge in [-0.2, -0.15) is 0 Å². The van der Waals surface area contributed by atoms with Crippen LogP contribution in [0.3, 0.4) is 0 Å². The zero-order valence-electron chi connectivity index (χ0n) is 23.3. The van der Waals surface area contributed by atoms with Crippen LogP contribution in [0.4, 0.5) is 5.69 Å². The van der Waals surface area contributed by atoms with Crippen molar-refractivity contribution >= 4 is 23.3 Å². The summed E-state index contributed by atoms with van der Waals surface area (Å²) in [5, 5.41) is 6.26. The number of hydrogen-bond acceptors (Lipinski definition) is 7. The van der Waals surface area contributed by atoms with E-state index in [0.29, 0.717) is 47.3 Å². The van der Waals surface area contributed by atoms with Crippen molar-refractivity contribution < 1.29 is 14.3 Å². The molecule has 0 spiro atoms. The number of amidine groups is 1. The molecule has 2 saturated heterocycles. The minimum absolute atomic E-state index is 0.0116. The number of likely N-dealkylation sites (tertiary alicyclic amines) is 1. The Morgan fingerprint density at radius 3 is 2.56 bits per heavy atom. The van der Waals surface area contributed by atoms with Crippen molar-refractivity contribution in [2.24, 2.45) is 16.6 Å². The molecule has 39 heavy (non-hydrogen) atoms. The predicted molar refractivity (Wildman–Crippen MR) is 154 cm³/mol. The van der Waals surface area contributed by atoms with E-state index in [0.717, 1.165) is 38.8 Å². The first-order valence-electron chi connectivity index (χ1n) is 13.5. The molecule has 1 atom stereocenters. The summed E-state index contributed by atoms with van der Waals surface area (Å²) < 4.78 is 5.58. The summed E-state index contributed by atoms with van der Waals surface area (Å²) in [4.78, 5) is 36.8. The Hall–Kier alpha value is -3.79. The van der Waals surface area contributed by atoms with Gasteiger partial charge >= 0.3 is 0 Å². The summed E-state index contributed by atoms with van der Waals surface area (Å²) in [6.45, 7) is 10.2. The maximum absolute atomic E-state index is 13.3. The number of methoxy groups -OCH3 is 1. The summed E-state index contributed by atoms with van der Waals surface area (Å²) in [5.41, 5.74) is 7.76. The Labute approximate surface area is 231 Å². The standard InChI is InChI=1S/C29H41N7O3/c1-6-9-21-16-36(23-10-7-8-11-23)27(25(15-30)35(4)29(21)38)32-19(2)31-24-13-12-20(14-26(24)39-5)28(37)33-22-17-34(3)18-22/h6,12-15,21-23,31H,1-2,7-11,16-18,30H2,3-5H3,(H,33,37)/b25-15+,32-27?/t21-/m0/s1. The molecule has 10 heteroatoms. The predicted octanol–water partition coefficient (Wildman–Crippen LogP) is 2.73. The molecule has 2 amide bonds. The van der Waals surface area contributed by atoms with E-state index in [4.69, 9.17) is 15.5 Å². The molecule has 3 aliphatic rings. The zero-order valence-corrected chi connectivity index (χ0v) is 23.3. The molecule has 210 valence electrons. The molecule has 0 radical (unpaired) electrons. The van der Waals surface area contributed by atoms with Gasteiger partial charge in [-0.1, -0.05) is 25.5 Å². The van der Waals surface area contributed by atoms with E-state index >= 15 is 0 Å². The lowest BCUT2D eigenvalue weighted by atomic mass is 10.0. The van der Waals surface area contributed by atoms with E-state index < -0.39 is 0 Å². The number of likely N-dealkylation sites (N-methyl/N-ethyl adjacent to an activating group) is 2. The topological polar surface area (TPSA) is 116 Å². The number of rotatable bonds is 9. The van der Waals surface area contributed by atoms with Gasteiger partial charge in [0.25, 0.3) is 5.91 Å². The van der Waals surface area contributed by atoms with Gasteiger partial charge in [0.2, 0.25) is 5.91 Å². The number of ether oxygens (including phenoxy) is 1. The maximum Gasteiger partial charge on any atom is 0.251 e. The minimum Gasteiger partial charge on any atom is -0.495 e. The normalized spacial score (nSPS) is 23.1. The Balaban J connectivity index is 1.59. The van der Waals surface area contributed by atoms with E-state index in [1.165, 1.54) is 6.20 Å². The van der Waals surface area contributed by atoms with Gasteiger partial charge in [0.05, 0.1) is 24.8 Å². The highest BCUT2D eigenvalue weighted by molar-refractivity contribution is 6.04. The number of nitrogens with one attached hydrogen (secondary N) is 2. The Morgan fingerprint density at radius 1 is 1.23 bits per heavy atom. The summed E-state index contributed by atoms with van der Waals surface area (Å²) >= 11 is 0. The number of allylic oxidation sites excluding steroid dienone is 1. The van der Waals surface area contributed by atoms with Crippen LogP contribution < -0.4 is 21.1 Å². The third kappa shape index (κ3) is 6.27. The molecule has 1 aromatic carbocycles. The maximum atomic E-state index is 13.3. The molecule has 1 aliphatic carbocycles. The summed E-state index contributed by atoms with van der Waals surface area (Å²) in [6.07, 6.45) is 8.15. The molecule has 3 fully saturated rings. The molecule has 1 aromatic rings. The monoisotopic (exact) mass is 535 g/mol. The van der Waals surface area contributed by atoms with Crippen LogP contribution >= 0.6 is 0 Å². The van der Waals surface area contributed by atoms with Crippen LogP contribution in [0.1, 0.15) is 42.5 Å². The van der Waals surface area contributed by atoms with Gasteiger partial charge in [-0.3, -0.25) is 9.59 Å². The highest BCUT2D eigenvalue weighted by Gasteiger charge is 2.38. The van der Waals surface area contributed by atoms with Crippen molar-refractivity contribution in [1.82, 2.24) is 20.0 Å². The molecule has 4 rings (SSSR count). The van der Waals surface area contributed by atoms with Gasteiger partial charge in [0.1, 0.15) is 17.3 Å². The van der Waals surface area contributed by atoms with E-state index in [9.17, 15) is 9.59 Å². The SMILES string of the molecule is C=CC[C@H]1CN(C2CCCC2)C(=NC(=C)Nc2ccc(C(=O)NC3CN(C)C3)cc2OC)/C(=C\N)N(C)C1=O. The lowest BCUT2D eigenvalue weighted by molar-refractivity contribution is -0.131. The number of nitrogens with zero attached hydrogens (tertiary/aromatic N) is 4. The third-order valence-electron chi connectivity index (χ3n) is 7.72. The smallest absolute Gasteiger partial charge is 0.251 e. The number of anilines is 1. The van der Waals surface area contributed by atoms with Crippen molar-refractivity contribution in [2.45, 2.75) is 44.2 Å². The molecule has 4 N–H and O–H groups in total. The fourth-order valence-electron chi connectivity index (χ4n) is 5.62. The molecule has 2 heterocycles. The van der Waals surface area contributed by atoms with Gasteiger partial charge in [-0.15, -0.1) is 6.58 Å². The van der Waals surface area contributed by atoms with Crippen LogP contribution in [0.15, 0.2) is 60.1 Å². The Kier molecular flexibility index (Phi) is 8.96. The molecule has 2 aliphatic heterocycles. The number of carbonyl (C=O) groups is 2. The van der Waals surface area contributed by atoms with Crippen LogP contribution in [0.25, 0.3) is 0 Å². The van der Waals surface area contributed by atoms with Crippen molar-refractivity contribution in [3.8, 4) is 5.75 Å². The second kappa shape index (κ2) is 12.4. The van der Waals surface area contributed by atoms with Crippen LogP contribution in [0, 0.1) is 5.92 Å². The summed E-state index contributed by atoms with van der Waals surface area (Å²) in [7, 11) is 5.31. The van der Waals surface area contributed by atoms with Crippen LogP contribution in [0.2, 0.25) is 0 Å². The number of aliphatic imine (C=N–C) groups is 1. The van der Waals surface area contributed by atoms with Gasteiger partial charge in [0, 0.05) is 44.5 Å². The van der Waals surface area contributed by atoms with Gasteiger partial charge in [-0.05, 0) is 44.5 Å². The van der Waals surface area contributed by atoms with Crippen LogP contribution in [-0.2, 0) is 4.79 Å². The van der Waals surface area contributed by atoms with Gasteiger partial charge < -0.3 is 35.8 Å². The zero-order chi connectivity index (χ0) is 28.1. The first-order chi connectivity index (χ1) is 18.7. The van der Waals surface area contributed by atoms with Crippen LogP contribution in [-0.4, -0.2) is 85.3 Å². The minimum atomic E-state index is -0.240. The van der Waals surface area contributed by atoms with Crippen molar-refractivity contribution in [3.05, 3.63) is 60.7 Å². The van der Waals surface area contributed by atoms with Gasteiger partial charge in [0.15, 0.2) is 5.84 Å². The first kappa shape index (κ1) is 28.2. The molecule has 0 unspecified atom stereocenters. The molecule has 0 bridgehead atoms. The number of carbonyl (C=O) groups excluding carboxylic acids is 2. The molecular weight excluding hydrogens is 494 g/mol. The highest BCUT2D eigenvalue weighted by atomic mass is 16.5. The first-order valence-corrected chi connectivity index (χ1v) is 13.5. The van der Waals surface area contributed by atoms with Gasteiger partial charge in [-0.25, -0.2) is 4.99 Å². The summed E-state index contributed by atoms with van der Waals surface area (Å²) in [6, 6.07) is 5.65. The van der Waals surface area contributed by atoms with Crippen molar-refractivity contribution in [2.75, 3.05) is 46.2 Å². The number of hydrogen-bond donors (Lipinski definition) is 3. The average Bonchev–Trinajstić information content (AvgIpc) is 3.41. The third-order valence-corrected chi connectivity index (χ3v) is 7.72. The molecular formula is C29H41N7O3. The molecule has 1 saturated carbocycles. The largest absolute Gasteiger partial charge is 0.495 e. The molecule has 10 nitrogen and oxygen atoms in total. The van der Waals surface area contributed by atoms with Crippen molar-refractivity contribution in [3.63, 3.8) is 0 Å². The van der Waals surface area contributed by atoms with E-state index in [1.54, 1.807) is 43.3 Å². The molecule has 0 aromatic heterocycles. The quantitative estimate of drug-likeness (QED) is 0.417. The average molecular weight is 536 g/mol. The fourth-order valence-corrected chi connectivity index (χ4v) is 5.62. The number of amides is 2. The van der Waals surface area contributed by atoms with E-state index in [1.807, 2.05) is 7.05 Å². The van der Waals surface area contributed by atoms with Crippen molar-refractivity contribution in [1.29, 1.82) is 0 Å². The lowest BCUT2D eigenvalue weighted by Crippen LogP contribution is -2.57. The fraction of sp³-hybridized carbons (Fsp3) is 0.483. The van der Waals surface area contributed by atoms with Crippen LogP contribution in [0.5, 0.6) is 5.75 Å². The second-order valence-electron chi connectivity index (χ2n) is 10.6. The second-order valence-corrected chi connectivity index (χ2v) is 10.6. The highest BCUT2D eigenvalue weighted by Crippen LogP contribution is 2.32. The lowest BCUT2D eigenvalue weighted by Gasteiger charge is -2.36. The summed E-state index contributed by atoms with van der Waals surface area (Å²) in [5.74, 6) is 1.09. The van der Waals surface area contributed by atoms with E-state index in [2.05, 4.69) is 33.6 Å².